The molecule has 0 radical (unpaired) electrons. The van der Waals surface area contributed by atoms with Crippen LogP contribution in [0.25, 0.3) is 0 Å². The Hall–Kier alpha value is -3.43. The normalized spacial score (nSPS) is 14.2. The molecular weight excluding hydrogens is 384 g/mol. The summed E-state index contributed by atoms with van der Waals surface area (Å²) < 4.78 is 20.8. The van der Waals surface area contributed by atoms with E-state index in [4.69, 9.17) is 18.6 Å². The van der Waals surface area contributed by atoms with Gasteiger partial charge in [-0.2, -0.15) is 0 Å². The SMILES string of the molecule is CCOC(=O)C(C(=O)CCc1ncco1)C(C[N+](=O)[O-])c1ccc2c(c1)OCO2. The first-order valence-electron chi connectivity index (χ1n) is 9.08. The van der Waals surface area contributed by atoms with Crippen LogP contribution in [0.5, 0.6) is 11.5 Å². The lowest BCUT2D eigenvalue weighted by Gasteiger charge is -2.22. The van der Waals surface area contributed by atoms with Crippen LogP contribution in [0, 0.1) is 16.0 Å². The molecule has 3 rings (SSSR count). The quantitative estimate of drug-likeness (QED) is 0.253. The number of hydrogen-bond acceptors (Lipinski definition) is 9. The predicted molar refractivity (Wildman–Crippen MR) is 97.1 cm³/mol. The fourth-order valence-electron chi connectivity index (χ4n) is 3.22. The number of esters is 1. The maximum Gasteiger partial charge on any atom is 0.317 e. The Balaban J connectivity index is 1.90. The van der Waals surface area contributed by atoms with E-state index in [9.17, 15) is 19.7 Å². The molecule has 10 heteroatoms. The number of fused-ring (bicyclic) bond motifs is 1. The van der Waals surface area contributed by atoms with E-state index in [0.717, 1.165) is 0 Å². The van der Waals surface area contributed by atoms with Crippen LogP contribution in [0.4, 0.5) is 0 Å². The second kappa shape index (κ2) is 9.18. The molecule has 1 aromatic heterocycles. The minimum absolute atomic E-state index is 0.0368. The van der Waals surface area contributed by atoms with Crippen LogP contribution in [-0.2, 0) is 20.7 Å². The van der Waals surface area contributed by atoms with Gasteiger partial charge in [0.25, 0.3) is 0 Å². The molecule has 1 aromatic carbocycles. The molecule has 0 N–H and O–H groups in total. The Morgan fingerprint density at radius 1 is 1.31 bits per heavy atom. The summed E-state index contributed by atoms with van der Waals surface area (Å²) in [6.07, 6.45) is 2.94. The molecule has 2 atom stereocenters. The number of carbonyl (C=O) groups excluding carboxylic acids is 2. The van der Waals surface area contributed by atoms with Crippen molar-refractivity contribution in [2.24, 2.45) is 5.92 Å². The van der Waals surface area contributed by atoms with Gasteiger partial charge in [0.1, 0.15) is 18.0 Å². The van der Waals surface area contributed by atoms with Gasteiger partial charge in [0.2, 0.25) is 13.3 Å². The van der Waals surface area contributed by atoms with Crippen LogP contribution in [-0.4, -0.2) is 41.6 Å². The second-order valence-electron chi connectivity index (χ2n) is 6.36. The van der Waals surface area contributed by atoms with Gasteiger partial charge in [0, 0.05) is 17.8 Å². The summed E-state index contributed by atoms with van der Waals surface area (Å²) in [6.45, 7) is 1.08. The molecule has 0 fully saturated rings. The van der Waals surface area contributed by atoms with Crippen molar-refractivity contribution in [3.63, 3.8) is 0 Å². The van der Waals surface area contributed by atoms with Gasteiger partial charge in [-0.05, 0) is 24.6 Å². The molecule has 1 aliphatic rings. The minimum Gasteiger partial charge on any atom is -0.465 e. The largest absolute Gasteiger partial charge is 0.465 e. The number of nitrogens with zero attached hydrogens (tertiary/aromatic N) is 2. The molecule has 154 valence electrons. The number of Topliss-reactive ketones (excluding diaryl/α,β-unsaturated/α-hetero) is 1. The predicted octanol–water partition coefficient (Wildman–Crippen LogP) is 2.14. The smallest absolute Gasteiger partial charge is 0.317 e. The molecule has 10 nitrogen and oxygen atoms in total. The van der Waals surface area contributed by atoms with Gasteiger partial charge < -0.3 is 18.6 Å². The van der Waals surface area contributed by atoms with E-state index in [0.29, 0.717) is 23.0 Å². The first-order valence-corrected chi connectivity index (χ1v) is 9.08. The van der Waals surface area contributed by atoms with Crippen LogP contribution in [0.1, 0.15) is 30.7 Å². The number of oxazole rings is 1. The zero-order valence-corrected chi connectivity index (χ0v) is 15.7. The van der Waals surface area contributed by atoms with Crippen molar-refractivity contribution in [1.29, 1.82) is 0 Å². The number of hydrogen-bond donors (Lipinski definition) is 0. The Labute approximate surface area is 165 Å². The van der Waals surface area contributed by atoms with Crippen LogP contribution in [0.15, 0.2) is 35.1 Å². The molecule has 2 heterocycles. The van der Waals surface area contributed by atoms with Crippen molar-refractivity contribution in [2.45, 2.75) is 25.7 Å². The number of benzene rings is 1. The molecule has 0 bridgehead atoms. The van der Waals surface area contributed by atoms with Gasteiger partial charge in [-0.15, -0.1) is 0 Å². The first-order chi connectivity index (χ1) is 14.0. The third-order valence-corrected chi connectivity index (χ3v) is 4.53. The summed E-state index contributed by atoms with van der Waals surface area (Å²) in [4.78, 5) is 40.3. The number of nitro groups is 1. The first kappa shape index (κ1) is 20.3. The molecule has 0 amide bonds. The van der Waals surface area contributed by atoms with E-state index in [1.165, 1.54) is 12.5 Å². The number of aryl methyl sites for hydroxylation is 1. The third kappa shape index (κ3) is 4.89. The molecule has 1 aliphatic heterocycles. The van der Waals surface area contributed by atoms with E-state index in [1.54, 1.807) is 25.1 Å². The van der Waals surface area contributed by atoms with E-state index in [1.807, 2.05) is 0 Å². The van der Waals surface area contributed by atoms with Crippen molar-refractivity contribution in [1.82, 2.24) is 4.98 Å². The summed E-state index contributed by atoms with van der Waals surface area (Å²) in [5, 5.41) is 11.3. The van der Waals surface area contributed by atoms with Crippen molar-refractivity contribution in [2.75, 3.05) is 19.9 Å². The summed E-state index contributed by atoms with van der Waals surface area (Å²) >= 11 is 0. The van der Waals surface area contributed by atoms with Gasteiger partial charge in [-0.25, -0.2) is 4.98 Å². The van der Waals surface area contributed by atoms with E-state index in [-0.39, 0.29) is 26.2 Å². The van der Waals surface area contributed by atoms with Crippen LogP contribution in [0.3, 0.4) is 0 Å². The topological polar surface area (TPSA) is 131 Å². The molecule has 0 aliphatic carbocycles. The van der Waals surface area contributed by atoms with Crippen molar-refractivity contribution in [3.05, 3.63) is 52.2 Å². The van der Waals surface area contributed by atoms with Gasteiger partial charge in [0.05, 0.1) is 18.7 Å². The number of aromatic nitrogens is 1. The zero-order chi connectivity index (χ0) is 20.8. The van der Waals surface area contributed by atoms with Gasteiger partial charge in [0.15, 0.2) is 17.4 Å². The Bertz CT molecular complexity index is 880. The maximum absolute atomic E-state index is 12.9. The molecular formula is C19H20N2O8. The lowest BCUT2D eigenvalue weighted by Crippen LogP contribution is -2.35. The van der Waals surface area contributed by atoms with E-state index >= 15 is 0 Å². The average Bonchev–Trinajstić information content (AvgIpc) is 3.36. The van der Waals surface area contributed by atoms with Crippen LogP contribution >= 0.6 is 0 Å². The lowest BCUT2D eigenvalue weighted by atomic mass is 9.81. The Morgan fingerprint density at radius 3 is 2.79 bits per heavy atom. The Morgan fingerprint density at radius 2 is 2.10 bits per heavy atom. The fraction of sp³-hybridized carbons (Fsp3) is 0.421. The summed E-state index contributed by atoms with van der Waals surface area (Å²) in [5.74, 6) is -2.39. The van der Waals surface area contributed by atoms with Gasteiger partial charge in [-0.1, -0.05) is 6.07 Å². The zero-order valence-electron chi connectivity index (χ0n) is 15.7. The highest BCUT2D eigenvalue weighted by Crippen LogP contribution is 2.37. The third-order valence-electron chi connectivity index (χ3n) is 4.53. The van der Waals surface area contributed by atoms with Crippen LogP contribution in [0.2, 0.25) is 0 Å². The number of ether oxygens (including phenoxy) is 3. The fourth-order valence-corrected chi connectivity index (χ4v) is 3.22. The van der Waals surface area contributed by atoms with Gasteiger partial charge in [-0.3, -0.25) is 19.7 Å². The minimum atomic E-state index is -1.34. The number of ketones is 1. The highest BCUT2D eigenvalue weighted by Gasteiger charge is 2.40. The molecule has 0 saturated heterocycles. The average molecular weight is 404 g/mol. The van der Waals surface area contributed by atoms with Crippen molar-refractivity contribution >= 4 is 11.8 Å². The molecule has 0 spiro atoms. The maximum atomic E-state index is 12.9. The summed E-state index contributed by atoms with van der Waals surface area (Å²) in [5.41, 5.74) is 0.425. The highest BCUT2D eigenvalue weighted by molar-refractivity contribution is 6.00. The Kier molecular flexibility index (Phi) is 6.43. The standard InChI is InChI=1S/C19H20N2O8/c1-2-26-19(23)18(14(22)4-6-17-20-7-8-27-17)13(10-21(24)25)12-3-5-15-16(9-12)29-11-28-15/h3,5,7-9,13,18H,2,4,6,10-11H2,1H3. The number of carbonyl (C=O) groups is 2. The van der Waals surface area contributed by atoms with Crippen LogP contribution < -0.4 is 9.47 Å². The number of rotatable bonds is 10. The highest BCUT2D eigenvalue weighted by atomic mass is 16.7. The molecule has 0 saturated carbocycles. The summed E-state index contributed by atoms with van der Waals surface area (Å²) in [7, 11) is 0. The molecule has 2 unspecified atom stereocenters. The monoisotopic (exact) mass is 404 g/mol. The van der Waals surface area contributed by atoms with Crippen molar-refractivity contribution in [3.8, 4) is 11.5 Å². The van der Waals surface area contributed by atoms with Crippen molar-refractivity contribution < 1.29 is 33.1 Å². The van der Waals surface area contributed by atoms with E-state index in [2.05, 4.69) is 4.98 Å². The van der Waals surface area contributed by atoms with Gasteiger partial charge >= 0.3 is 5.97 Å². The molecule has 2 aromatic rings. The lowest BCUT2D eigenvalue weighted by molar-refractivity contribution is -0.484. The van der Waals surface area contributed by atoms with E-state index < -0.39 is 35.1 Å². The second-order valence-corrected chi connectivity index (χ2v) is 6.36. The summed E-state index contributed by atoms with van der Waals surface area (Å²) in [6, 6.07) is 4.75. The molecule has 29 heavy (non-hydrogen) atoms.